The van der Waals surface area contributed by atoms with Crippen LogP contribution >= 0.6 is 0 Å². The van der Waals surface area contributed by atoms with E-state index in [1.54, 1.807) is 6.33 Å². The number of para-hydroxylation sites is 1. The smallest absolute Gasteiger partial charge is 0.220 e. The second kappa shape index (κ2) is 7.45. The summed E-state index contributed by atoms with van der Waals surface area (Å²) in [6, 6.07) is 15.5. The highest BCUT2D eigenvalue weighted by atomic mass is 16.5. The zero-order chi connectivity index (χ0) is 15.9. The Labute approximate surface area is 134 Å². The Hall–Kier alpha value is -2.82. The minimum Gasteiger partial charge on any atom is -0.494 e. The van der Waals surface area contributed by atoms with Crippen LogP contribution in [0.3, 0.4) is 0 Å². The Morgan fingerprint density at radius 1 is 1.17 bits per heavy atom. The fourth-order valence-electron chi connectivity index (χ4n) is 2.32. The van der Waals surface area contributed by atoms with Gasteiger partial charge in [-0.1, -0.05) is 24.3 Å². The standard InChI is InChI=1S/C18H19N3O2/c22-18(7-4-10-23-15-5-2-1-3-6-15)19-12-14-8-9-16-17(11-14)21-13-20-16/h1-3,5-6,8-9,11,13H,4,7,10,12H2,(H,19,22)(H,20,21). The molecular formula is C18H19N3O2. The van der Waals surface area contributed by atoms with Crippen molar-refractivity contribution >= 4 is 16.9 Å². The van der Waals surface area contributed by atoms with Crippen LogP contribution in [0.15, 0.2) is 54.9 Å². The van der Waals surface area contributed by atoms with Crippen LogP contribution in [0.4, 0.5) is 0 Å². The van der Waals surface area contributed by atoms with Gasteiger partial charge >= 0.3 is 0 Å². The predicted molar refractivity (Wildman–Crippen MR) is 89.1 cm³/mol. The molecule has 0 bridgehead atoms. The third-order valence-corrected chi connectivity index (χ3v) is 3.53. The summed E-state index contributed by atoms with van der Waals surface area (Å²) in [6.45, 7) is 1.06. The Morgan fingerprint density at radius 2 is 2.04 bits per heavy atom. The number of nitrogens with one attached hydrogen (secondary N) is 2. The van der Waals surface area contributed by atoms with E-state index in [2.05, 4.69) is 15.3 Å². The van der Waals surface area contributed by atoms with E-state index in [1.807, 2.05) is 48.5 Å². The molecule has 1 heterocycles. The van der Waals surface area contributed by atoms with E-state index >= 15 is 0 Å². The molecule has 23 heavy (non-hydrogen) atoms. The maximum Gasteiger partial charge on any atom is 0.220 e. The maximum absolute atomic E-state index is 11.9. The lowest BCUT2D eigenvalue weighted by Gasteiger charge is -2.07. The van der Waals surface area contributed by atoms with Crippen molar-refractivity contribution in [3.63, 3.8) is 0 Å². The maximum atomic E-state index is 11.9. The van der Waals surface area contributed by atoms with Crippen LogP contribution in [0.2, 0.25) is 0 Å². The van der Waals surface area contributed by atoms with Gasteiger partial charge in [0, 0.05) is 13.0 Å². The van der Waals surface area contributed by atoms with Gasteiger partial charge in [0.25, 0.3) is 0 Å². The molecule has 0 aliphatic heterocycles. The molecule has 0 aliphatic rings. The topological polar surface area (TPSA) is 67.0 Å². The van der Waals surface area contributed by atoms with Gasteiger partial charge in [0.05, 0.1) is 24.0 Å². The molecule has 3 aromatic rings. The van der Waals surface area contributed by atoms with Crippen LogP contribution < -0.4 is 10.1 Å². The first-order chi connectivity index (χ1) is 11.3. The van der Waals surface area contributed by atoms with E-state index in [4.69, 9.17) is 4.74 Å². The lowest BCUT2D eigenvalue weighted by molar-refractivity contribution is -0.121. The van der Waals surface area contributed by atoms with Crippen molar-refractivity contribution in [1.82, 2.24) is 15.3 Å². The summed E-state index contributed by atoms with van der Waals surface area (Å²) in [5.74, 6) is 0.868. The van der Waals surface area contributed by atoms with Crippen LogP contribution in [-0.2, 0) is 11.3 Å². The number of ether oxygens (including phenoxy) is 1. The monoisotopic (exact) mass is 309 g/mol. The number of rotatable bonds is 7. The molecule has 2 aromatic carbocycles. The summed E-state index contributed by atoms with van der Waals surface area (Å²) in [5.41, 5.74) is 2.96. The molecule has 0 aliphatic carbocycles. The molecule has 5 nitrogen and oxygen atoms in total. The molecule has 0 saturated heterocycles. The highest BCUT2D eigenvalue weighted by molar-refractivity contribution is 5.77. The molecule has 0 fully saturated rings. The van der Waals surface area contributed by atoms with Gasteiger partial charge in [-0.25, -0.2) is 4.98 Å². The lowest BCUT2D eigenvalue weighted by atomic mass is 10.2. The van der Waals surface area contributed by atoms with E-state index in [0.717, 1.165) is 22.3 Å². The van der Waals surface area contributed by atoms with Crippen LogP contribution in [0.25, 0.3) is 11.0 Å². The number of carbonyl (C=O) groups excluding carboxylic acids is 1. The van der Waals surface area contributed by atoms with Gasteiger partial charge < -0.3 is 15.0 Å². The number of aromatic nitrogens is 2. The van der Waals surface area contributed by atoms with Gasteiger partial charge in [-0.2, -0.15) is 0 Å². The largest absolute Gasteiger partial charge is 0.494 e. The molecule has 0 unspecified atom stereocenters. The molecule has 0 atom stereocenters. The van der Waals surface area contributed by atoms with Gasteiger partial charge in [0.2, 0.25) is 5.91 Å². The molecule has 3 rings (SSSR count). The van der Waals surface area contributed by atoms with Gasteiger partial charge in [0.1, 0.15) is 5.75 Å². The third-order valence-electron chi connectivity index (χ3n) is 3.53. The molecule has 2 N–H and O–H groups in total. The van der Waals surface area contributed by atoms with Crippen molar-refractivity contribution in [2.75, 3.05) is 6.61 Å². The Kier molecular flexibility index (Phi) is 4.88. The van der Waals surface area contributed by atoms with Crippen LogP contribution in [0.5, 0.6) is 5.75 Å². The number of aromatic amines is 1. The SMILES string of the molecule is O=C(CCCOc1ccccc1)NCc1ccc2nc[nH]c2c1. The van der Waals surface area contributed by atoms with Crippen LogP contribution in [0, 0.1) is 0 Å². The fourth-order valence-corrected chi connectivity index (χ4v) is 2.32. The van der Waals surface area contributed by atoms with Crippen molar-refractivity contribution in [1.29, 1.82) is 0 Å². The van der Waals surface area contributed by atoms with Crippen molar-refractivity contribution in [3.05, 3.63) is 60.4 Å². The first-order valence-corrected chi connectivity index (χ1v) is 7.68. The first kappa shape index (κ1) is 15.1. The highest BCUT2D eigenvalue weighted by Gasteiger charge is 2.03. The van der Waals surface area contributed by atoms with Gasteiger partial charge in [-0.3, -0.25) is 4.79 Å². The number of nitrogens with zero attached hydrogens (tertiary/aromatic N) is 1. The predicted octanol–water partition coefficient (Wildman–Crippen LogP) is 3.04. The number of carbonyl (C=O) groups is 1. The summed E-state index contributed by atoms with van der Waals surface area (Å²) < 4.78 is 5.57. The summed E-state index contributed by atoms with van der Waals surface area (Å²) in [6.07, 6.45) is 2.82. The first-order valence-electron chi connectivity index (χ1n) is 7.68. The minimum absolute atomic E-state index is 0.0337. The Bertz CT molecular complexity index is 768. The Balaban J connectivity index is 1.37. The molecule has 0 saturated carbocycles. The summed E-state index contributed by atoms with van der Waals surface area (Å²) in [4.78, 5) is 19.1. The number of benzene rings is 2. The number of amides is 1. The minimum atomic E-state index is 0.0337. The fraction of sp³-hybridized carbons (Fsp3) is 0.222. The number of fused-ring (bicyclic) bond motifs is 1. The van der Waals surface area contributed by atoms with Crippen molar-refractivity contribution in [2.24, 2.45) is 0 Å². The van der Waals surface area contributed by atoms with E-state index in [1.165, 1.54) is 0 Å². The molecule has 1 amide bonds. The third kappa shape index (κ3) is 4.32. The summed E-state index contributed by atoms with van der Waals surface area (Å²) >= 11 is 0. The van der Waals surface area contributed by atoms with E-state index in [-0.39, 0.29) is 5.91 Å². The van der Waals surface area contributed by atoms with E-state index in [0.29, 0.717) is 26.0 Å². The molecular weight excluding hydrogens is 290 g/mol. The number of hydrogen-bond donors (Lipinski definition) is 2. The zero-order valence-electron chi connectivity index (χ0n) is 12.8. The Morgan fingerprint density at radius 3 is 2.91 bits per heavy atom. The molecule has 1 aromatic heterocycles. The van der Waals surface area contributed by atoms with Crippen molar-refractivity contribution in [2.45, 2.75) is 19.4 Å². The van der Waals surface area contributed by atoms with Gasteiger partial charge in [-0.15, -0.1) is 0 Å². The lowest BCUT2D eigenvalue weighted by Crippen LogP contribution is -2.22. The average molecular weight is 309 g/mol. The van der Waals surface area contributed by atoms with Crippen LogP contribution in [-0.4, -0.2) is 22.5 Å². The number of imidazole rings is 1. The van der Waals surface area contributed by atoms with Gasteiger partial charge in [0.15, 0.2) is 0 Å². The zero-order valence-corrected chi connectivity index (χ0v) is 12.8. The van der Waals surface area contributed by atoms with E-state index < -0.39 is 0 Å². The van der Waals surface area contributed by atoms with Crippen molar-refractivity contribution < 1.29 is 9.53 Å². The number of H-pyrrole nitrogens is 1. The van der Waals surface area contributed by atoms with Gasteiger partial charge in [-0.05, 0) is 36.2 Å². The molecule has 0 spiro atoms. The average Bonchev–Trinajstić information content (AvgIpc) is 3.05. The summed E-state index contributed by atoms with van der Waals surface area (Å²) in [7, 11) is 0. The van der Waals surface area contributed by atoms with Crippen LogP contribution in [0.1, 0.15) is 18.4 Å². The molecule has 5 heteroatoms. The quantitative estimate of drug-likeness (QED) is 0.659. The normalized spacial score (nSPS) is 10.6. The van der Waals surface area contributed by atoms with Crippen molar-refractivity contribution in [3.8, 4) is 5.75 Å². The molecule has 0 radical (unpaired) electrons. The second-order valence-electron chi connectivity index (χ2n) is 5.30. The molecule has 118 valence electrons. The highest BCUT2D eigenvalue weighted by Crippen LogP contribution is 2.11. The number of hydrogen-bond acceptors (Lipinski definition) is 3. The summed E-state index contributed by atoms with van der Waals surface area (Å²) in [5, 5.41) is 2.93. The van der Waals surface area contributed by atoms with E-state index in [9.17, 15) is 4.79 Å². The second-order valence-corrected chi connectivity index (χ2v) is 5.30.